The summed E-state index contributed by atoms with van der Waals surface area (Å²) in [5.74, 6) is -0.0710. The van der Waals surface area contributed by atoms with Crippen molar-refractivity contribution >= 4 is 35.4 Å². The molecule has 3 aromatic carbocycles. The van der Waals surface area contributed by atoms with Crippen molar-refractivity contribution in [1.82, 2.24) is 5.32 Å². The number of rotatable bonds is 7. The lowest BCUT2D eigenvalue weighted by Gasteiger charge is -2.24. The average Bonchev–Trinajstić information content (AvgIpc) is 2.86. The summed E-state index contributed by atoms with van der Waals surface area (Å²) in [6.07, 6.45) is -0.0390. The van der Waals surface area contributed by atoms with Crippen molar-refractivity contribution in [2.24, 2.45) is 4.99 Å². The van der Waals surface area contributed by atoms with Crippen LogP contribution < -0.4 is 10.2 Å². The van der Waals surface area contributed by atoms with E-state index < -0.39 is 12.2 Å². The van der Waals surface area contributed by atoms with Crippen molar-refractivity contribution in [3.05, 3.63) is 114 Å². The maximum absolute atomic E-state index is 12.5. The highest BCUT2D eigenvalue weighted by atomic mass is 35.5. The van der Waals surface area contributed by atoms with Crippen LogP contribution in [0.5, 0.6) is 0 Å². The number of hydrogen-bond donors (Lipinski definition) is 1. The number of hydrogen-bond acceptors (Lipinski definition) is 4. The number of anilines is 1. The van der Waals surface area contributed by atoms with E-state index >= 15 is 0 Å². The monoisotopic (exact) mass is 477 g/mol. The van der Waals surface area contributed by atoms with E-state index in [1.54, 1.807) is 35.2 Å². The van der Waals surface area contributed by atoms with Crippen LogP contribution in [-0.2, 0) is 22.7 Å². The largest absolute Gasteiger partial charge is 0.444 e. The molecule has 0 saturated carbocycles. The predicted octanol–water partition coefficient (Wildman–Crippen LogP) is 5.95. The Labute approximate surface area is 203 Å². The van der Waals surface area contributed by atoms with Gasteiger partial charge in [-0.2, -0.15) is 0 Å². The van der Waals surface area contributed by atoms with Crippen LogP contribution in [0.1, 0.15) is 11.1 Å². The van der Waals surface area contributed by atoms with E-state index in [1.165, 1.54) is 0 Å². The number of ether oxygens (including phenoxy) is 2. The summed E-state index contributed by atoms with van der Waals surface area (Å²) in [5.41, 5.74) is 2.25. The minimum Gasteiger partial charge on any atom is -0.444 e. The Kier molecular flexibility index (Phi) is 9.25. The van der Waals surface area contributed by atoms with E-state index in [9.17, 15) is 9.59 Å². The molecule has 174 valence electrons. The fourth-order valence-corrected chi connectivity index (χ4v) is 3.03. The molecule has 0 heterocycles. The Balaban J connectivity index is 1.78. The first-order chi connectivity index (χ1) is 16.5. The number of aliphatic imine (C=N–C) groups is 1. The van der Waals surface area contributed by atoms with Gasteiger partial charge >= 0.3 is 12.2 Å². The highest BCUT2D eigenvalue weighted by molar-refractivity contribution is 6.30. The predicted molar refractivity (Wildman–Crippen MR) is 133 cm³/mol. The minimum atomic E-state index is -0.870. The topological polar surface area (TPSA) is 80.2 Å². The van der Waals surface area contributed by atoms with Gasteiger partial charge in [-0.1, -0.05) is 78.3 Å². The van der Waals surface area contributed by atoms with Crippen molar-refractivity contribution in [1.29, 1.82) is 0 Å². The van der Waals surface area contributed by atoms with Gasteiger partial charge in [-0.05, 0) is 35.4 Å². The van der Waals surface area contributed by atoms with Gasteiger partial charge in [0.25, 0.3) is 0 Å². The van der Waals surface area contributed by atoms with Gasteiger partial charge in [0.05, 0.1) is 0 Å². The normalized spacial score (nSPS) is 10.8. The molecule has 8 heteroatoms. The van der Waals surface area contributed by atoms with Gasteiger partial charge in [0.15, 0.2) is 0 Å². The molecule has 0 bridgehead atoms. The highest BCUT2D eigenvalue weighted by Gasteiger charge is 2.19. The Bertz CT molecular complexity index is 1120. The molecular weight excluding hydrogens is 454 g/mol. The third-order valence-corrected chi connectivity index (χ3v) is 4.79. The summed E-state index contributed by atoms with van der Waals surface area (Å²) in [6, 6.07) is 25.3. The molecule has 0 saturated heterocycles. The van der Waals surface area contributed by atoms with Crippen molar-refractivity contribution in [3.8, 4) is 0 Å². The third kappa shape index (κ3) is 7.79. The van der Waals surface area contributed by atoms with Crippen LogP contribution in [0.4, 0.5) is 15.3 Å². The van der Waals surface area contributed by atoms with Crippen LogP contribution in [0, 0.1) is 0 Å². The summed E-state index contributed by atoms with van der Waals surface area (Å²) in [5, 5.41) is 3.09. The molecule has 0 aliphatic carbocycles. The molecule has 0 unspecified atom stereocenters. The molecular formula is C26H24ClN3O4. The zero-order valence-electron chi connectivity index (χ0n) is 18.4. The van der Waals surface area contributed by atoms with Gasteiger partial charge < -0.3 is 14.4 Å². The molecule has 0 aliphatic heterocycles. The van der Waals surface area contributed by atoms with Crippen LogP contribution in [-0.4, -0.2) is 24.7 Å². The molecule has 0 aromatic heterocycles. The van der Waals surface area contributed by atoms with Gasteiger partial charge in [0, 0.05) is 17.3 Å². The number of benzene rings is 3. The average molecular weight is 478 g/mol. The molecule has 34 heavy (non-hydrogen) atoms. The molecule has 3 rings (SSSR count). The molecule has 2 amide bonds. The van der Waals surface area contributed by atoms with Crippen LogP contribution in [0.3, 0.4) is 0 Å². The van der Waals surface area contributed by atoms with E-state index in [2.05, 4.69) is 16.9 Å². The molecule has 0 aliphatic rings. The number of carbonyl (C=O) groups excluding carboxylic acids is 2. The summed E-state index contributed by atoms with van der Waals surface area (Å²) in [7, 11) is 0. The second-order valence-corrected chi connectivity index (χ2v) is 7.47. The Hall–Kier alpha value is -4.10. The second-order valence-electron chi connectivity index (χ2n) is 7.04. The summed E-state index contributed by atoms with van der Waals surface area (Å²) in [4.78, 5) is 30.6. The quantitative estimate of drug-likeness (QED) is 0.258. The number of guanidine groups is 1. The number of alkyl carbamates (subject to hydrolysis) is 1. The van der Waals surface area contributed by atoms with Crippen molar-refractivity contribution in [2.45, 2.75) is 13.2 Å². The molecule has 0 fully saturated rings. The second kappa shape index (κ2) is 12.8. The molecule has 3 aromatic rings. The van der Waals surface area contributed by atoms with Gasteiger partial charge in [-0.3, -0.25) is 5.32 Å². The van der Waals surface area contributed by atoms with Crippen LogP contribution >= 0.6 is 11.6 Å². The number of carbonyl (C=O) groups is 2. The van der Waals surface area contributed by atoms with E-state index in [4.69, 9.17) is 21.1 Å². The van der Waals surface area contributed by atoms with Crippen LogP contribution in [0.2, 0.25) is 5.02 Å². The molecule has 0 spiro atoms. The molecule has 7 nitrogen and oxygen atoms in total. The number of halogens is 1. The Morgan fingerprint density at radius 2 is 1.44 bits per heavy atom. The standard InChI is InChI=1S/C26H24ClN3O4/c1-2-17-30(23-15-13-22(27)14-16-23)24(28-25(31)33-18-20-9-5-3-6-10-20)29-26(32)34-19-21-11-7-4-8-12-21/h2-16H,1,17-19H2,(H,28,29,31,32). The lowest BCUT2D eigenvalue weighted by atomic mass is 10.2. The minimum absolute atomic E-state index is 0.0390. The lowest BCUT2D eigenvalue weighted by molar-refractivity contribution is 0.144. The maximum Gasteiger partial charge on any atom is 0.437 e. The van der Waals surface area contributed by atoms with Crippen molar-refractivity contribution < 1.29 is 19.1 Å². The highest BCUT2D eigenvalue weighted by Crippen LogP contribution is 2.18. The molecule has 0 radical (unpaired) electrons. The van der Waals surface area contributed by atoms with Crippen molar-refractivity contribution in [2.75, 3.05) is 11.4 Å². The van der Waals surface area contributed by atoms with Gasteiger partial charge in [0.2, 0.25) is 5.96 Å². The molecule has 1 N–H and O–H groups in total. The SMILES string of the molecule is C=CCN(/C(=N\C(=O)OCc1ccccc1)NC(=O)OCc1ccccc1)c1ccc(Cl)cc1. The maximum atomic E-state index is 12.5. The van der Waals surface area contributed by atoms with Crippen LogP contribution in [0.15, 0.2) is 103 Å². The smallest absolute Gasteiger partial charge is 0.437 e. The zero-order chi connectivity index (χ0) is 24.2. The zero-order valence-corrected chi connectivity index (χ0v) is 19.1. The first-order valence-corrected chi connectivity index (χ1v) is 10.8. The summed E-state index contributed by atoms with van der Waals surface area (Å²) in [6.45, 7) is 4.09. The Morgan fingerprint density at radius 1 is 0.882 bits per heavy atom. The first-order valence-electron chi connectivity index (χ1n) is 10.5. The van der Waals surface area contributed by atoms with E-state index in [0.29, 0.717) is 10.7 Å². The van der Waals surface area contributed by atoms with Crippen molar-refractivity contribution in [3.63, 3.8) is 0 Å². The fraction of sp³-hybridized carbons (Fsp3) is 0.115. The van der Waals surface area contributed by atoms with Gasteiger partial charge in [0.1, 0.15) is 13.2 Å². The molecule has 0 atom stereocenters. The first kappa shape index (κ1) is 24.5. The number of nitrogens with one attached hydrogen (secondary N) is 1. The number of amides is 2. The van der Waals surface area contributed by atoms with Crippen LogP contribution in [0.25, 0.3) is 0 Å². The summed E-state index contributed by atoms with van der Waals surface area (Å²) < 4.78 is 10.6. The van der Waals surface area contributed by atoms with Gasteiger partial charge in [-0.25, -0.2) is 9.59 Å². The fourth-order valence-electron chi connectivity index (χ4n) is 2.91. The third-order valence-electron chi connectivity index (χ3n) is 4.53. The van der Waals surface area contributed by atoms with E-state index in [0.717, 1.165) is 11.1 Å². The summed E-state index contributed by atoms with van der Waals surface area (Å²) >= 11 is 6.01. The Morgan fingerprint density at radius 3 is 2.00 bits per heavy atom. The number of nitrogens with zero attached hydrogens (tertiary/aromatic N) is 2. The van der Waals surface area contributed by atoms with E-state index in [1.807, 2.05) is 60.7 Å². The van der Waals surface area contributed by atoms with Gasteiger partial charge in [-0.15, -0.1) is 11.6 Å². The lowest BCUT2D eigenvalue weighted by Crippen LogP contribution is -2.45. The van der Waals surface area contributed by atoms with E-state index in [-0.39, 0.29) is 25.7 Å².